The van der Waals surface area contributed by atoms with E-state index in [1.807, 2.05) is 83.1 Å². The zero-order valence-electron chi connectivity index (χ0n) is 19.2. The Hall–Kier alpha value is -0.918. The first-order valence-electron chi connectivity index (χ1n) is 9.01. The number of aliphatic hydroxyl groups is 2. The number of carbonyl (C=O) groups excluding carboxylic acids is 2. The Morgan fingerprint density at radius 2 is 0.704 bits per heavy atom. The number of allylic oxidation sites excluding steroid dienone is 4. The van der Waals surface area contributed by atoms with Gasteiger partial charge in [-0.2, -0.15) is 0 Å². The van der Waals surface area contributed by atoms with Crippen molar-refractivity contribution >= 4 is 11.6 Å². The predicted molar refractivity (Wildman–Crippen MR) is 109 cm³/mol. The summed E-state index contributed by atoms with van der Waals surface area (Å²) in [6, 6.07) is 0. The quantitative estimate of drug-likeness (QED) is 0.285. The molecule has 0 aromatic rings. The Morgan fingerprint density at radius 3 is 0.815 bits per heavy atom. The van der Waals surface area contributed by atoms with E-state index in [1.54, 1.807) is 0 Å². The number of hydrogen-bond donors (Lipinski definition) is 2. The summed E-state index contributed by atoms with van der Waals surface area (Å²) >= 11 is 0. The Morgan fingerprint density at radius 1 is 0.519 bits per heavy atom. The van der Waals surface area contributed by atoms with E-state index >= 15 is 0 Å². The molecule has 0 fully saturated rings. The summed E-state index contributed by atoms with van der Waals surface area (Å²) in [5, 5.41) is 19.1. The number of aliphatic hydroxyl groups excluding tert-OH is 2. The molecule has 4 nitrogen and oxygen atoms in total. The van der Waals surface area contributed by atoms with Gasteiger partial charge in [0.15, 0.2) is 11.6 Å². The Labute approximate surface area is 180 Å². The molecule has 0 aliphatic carbocycles. The molecule has 0 aromatic heterocycles. The first kappa shape index (κ1) is 30.8. The van der Waals surface area contributed by atoms with E-state index < -0.39 is 10.8 Å². The number of rotatable bonds is 2. The van der Waals surface area contributed by atoms with Crippen LogP contribution < -0.4 is 0 Å². The average molecular weight is 475 g/mol. The third-order valence-corrected chi connectivity index (χ3v) is 3.55. The molecule has 0 aliphatic rings. The minimum absolute atomic E-state index is 0. The molecule has 0 saturated heterocycles. The van der Waals surface area contributed by atoms with E-state index in [9.17, 15) is 19.8 Å². The molecule has 0 radical (unpaired) electrons. The summed E-state index contributed by atoms with van der Waals surface area (Å²) in [5.74, 6) is 0.208. The van der Waals surface area contributed by atoms with E-state index in [0.717, 1.165) is 0 Å². The van der Waals surface area contributed by atoms with Gasteiger partial charge < -0.3 is 10.2 Å². The van der Waals surface area contributed by atoms with Gasteiger partial charge in [0, 0.05) is 54.2 Å². The molecular formula is C22H40O4Pd. The van der Waals surface area contributed by atoms with Gasteiger partial charge in [0.05, 0.1) is 0 Å². The van der Waals surface area contributed by atoms with E-state index in [0.29, 0.717) is 0 Å². The first-order valence-corrected chi connectivity index (χ1v) is 9.01. The normalized spacial score (nSPS) is 13.9. The van der Waals surface area contributed by atoms with Gasteiger partial charge in [0.1, 0.15) is 11.5 Å². The molecule has 0 rings (SSSR count). The SMILES string of the molecule is CC(C)(C)C(=O)C=C(O)C(C)(C)C.CC(C)(C)C(=O)C=C(O)C(C)(C)C.[Pd]. The maximum absolute atomic E-state index is 11.5. The average Bonchev–Trinajstić information content (AvgIpc) is 2.34. The third-order valence-electron chi connectivity index (χ3n) is 3.55. The van der Waals surface area contributed by atoms with Gasteiger partial charge >= 0.3 is 0 Å². The molecule has 0 bridgehead atoms. The molecule has 0 unspecified atom stereocenters. The summed E-state index contributed by atoms with van der Waals surface area (Å²) in [6.45, 7) is 22.2. The van der Waals surface area contributed by atoms with Crippen LogP contribution in [0.3, 0.4) is 0 Å². The van der Waals surface area contributed by atoms with Gasteiger partial charge in [-0.25, -0.2) is 0 Å². The van der Waals surface area contributed by atoms with Crippen LogP contribution >= 0.6 is 0 Å². The fourth-order valence-corrected chi connectivity index (χ4v) is 1.11. The summed E-state index contributed by atoms with van der Waals surface area (Å²) in [6.07, 6.45) is 2.67. The van der Waals surface area contributed by atoms with Crippen LogP contribution in [0.5, 0.6) is 0 Å². The van der Waals surface area contributed by atoms with Crippen LogP contribution in [0.2, 0.25) is 0 Å². The third kappa shape index (κ3) is 13.8. The van der Waals surface area contributed by atoms with Gasteiger partial charge in [-0.15, -0.1) is 0 Å². The fourth-order valence-electron chi connectivity index (χ4n) is 1.11. The summed E-state index contributed by atoms with van der Waals surface area (Å²) in [4.78, 5) is 23.0. The van der Waals surface area contributed by atoms with Crippen LogP contribution in [0, 0.1) is 21.7 Å². The maximum Gasteiger partial charge on any atom is 0.164 e. The van der Waals surface area contributed by atoms with Gasteiger partial charge in [0.2, 0.25) is 0 Å². The van der Waals surface area contributed by atoms with Crippen molar-refractivity contribution in [2.75, 3.05) is 0 Å². The molecule has 0 aromatic carbocycles. The first-order chi connectivity index (χ1) is 11.1. The fraction of sp³-hybridized carbons (Fsp3) is 0.727. The van der Waals surface area contributed by atoms with Gasteiger partial charge in [-0.1, -0.05) is 83.1 Å². The largest absolute Gasteiger partial charge is 0.512 e. The molecule has 162 valence electrons. The Kier molecular flexibility index (Phi) is 12.1. The zero-order chi connectivity index (χ0) is 21.7. The number of carbonyl (C=O) groups is 2. The zero-order valence-corrected chi connectivity index (χ0v) is 20.7. The molecule has 0 saturated carbocycles. The minimum Gasteiger partial charge on any atom is -0.512 e. The Bertz CT molecular complexity index is 505. The van der Waals surface area contributed by atoms with Crippen LogP contribution in [-0.2, 0) is 30.0 Å². The van der Waals surface area contributed by atoms with Crippen molar-refractivity contribution in [3.63, 3.8) is 0 Å². The maximum atomic E-state index is 11.5. The summed E-state index contributed by atoms with van der Waals surface area (Å²) in [7, 11) is 0. The predicted octanol–water partition coefficient (Wildman–Crippen LogP) is 6.18. The van der Waals surface area contributed by atoms with Crippen molar-refractivity contribution in [1.82, 2.24) is 0 Å². The van der Waals surface area contributed by atoms with E-state index in [2.05, 4.69) is 0 Å². The second-order valence-electron chi connectivity index (χ2n) is 10.8. The molecule has 0 atom stereocenters. The molecule has 0 aliphatic heterocycles. The van der Waals surface area contributed by atoms with Crippen LogP contribution in [0.4, 0.5) is 0 Å². The Balaban J connectivity index is -0.000000411. The van der Waals surface area contributed by atoms with Crippen molar-refractivity contribution in [3.05, 3.63) is 23.7 Å². The van der Waals surface area contributed by atoms with E-state index in [4.69, 9.17) is 0 Å². The van der Waals surface area contributed by atoms with Crippen molar-refractivity contribution in [2.45, 2.75) is 83.1 Å². The molecule has 0 amide bonds. The van der Waals surface area contributed by atoms with Crippen molar-refractivity contribution in [3.8, 4) is 0 Å². The molecule has 2 N–H and O–H groups in total. The minimum atomic E-state index is -0.417. The van der Waals surface area contributed by atoms with E-state index in [-0.39, 0.29) is 54.3 Å². The van der Waals surface area contributed by atoms with Gasteiger partial charge in [-0.3, -0.25) is 9.59 Å². The van der Waals surface area contributed by atoms with Crippen LogP contribution in [0.1, 0.15) is 83.1 Å². The standard InChI is InChI=1S/2C11H20O2.Pd/c2*1-10(2,3)8(12)7-9(13)11(4,5)6;/h2*7,12H,1-6H3;. The second-order valence-corrected chi connectivity index (χ2v) is 10.8. The van der Waals surface area contributed by atoms with Crippen molar-refractivity contribution in [2.24, 2.45) is 21.7 Å². The number of ketones is 2. The summed E-state index contributed by atoms with van der Waals surface area (Å²) < 4.78 is 0. The molecule has 0 heterocycles. The van der Waals surface area contributed by atoms with Crippen molar-refractivity contribution in [1.29, 1.82) is 0 Å². The van der Waals surface area contributed by atoms with Crippen molar-refractivity contribution < 1.29 is 40.2 Å². The molecular weight excluding hydrogens is 435 g/mol. The monoisotopic (exact) mass is 474 g/mol. The topological polar surface area (TPSA) is 74.6 Å². The van der Waals surface area contributed by atoms with E-state index in [1.165, 1.54) is 12.2 Å². The van der Waals surface area contributed by atoms with Gasteiger partial charge in [-0.05, 0) is 0 Å². The van der Waals surface area contributed by atoms with Crippen LogP contribution in [-0.4, -0.2) is 21.8 Å². The summed E-state index contributed by atoms with van der Waals surface area (Å²) in [5.41, 5.74) is -1.53. The van der Waals surface area contributed by atoms with Crippen LogP contribution in [0.15, 0.2) is 23.7 Å². The smallest absolute Gasteiger partial charge is 0.164 e. The van der Waals surface area contributed by atoms with Gasteiger partial charge in [0.25, 0.3) is 0 Å². The number of hydrogen-bond acceptors (Lipinski definition) is 4. The molecule has 27 heavy (non-hydrogen) atoms. The van der Waals surface area contributed by atoms with Crippen LogP contribution in [0.25, 0.3) is 0 Å². The second kappa shape index (κ2) is 10.6. The molecule has 5 heteroatoms. The molecule has 0 spiro atoms.